The van der Waals surface area contributed by atoms with E-state index in [2.05, 4.69) is 20.3 Å². The van der Waals surface area contributed by atoms with Gasteiger partial charge in [-0.15, -0.1) is 0 Å². The Kier molecular flexibility index (Phi) is 4.89. The summed E-state index contributed by atoms with van der Waals surface area (Å²) in [5.41, 5.74) is 2.47. The molecular weight excluding hydrogens is 306 g/mol. The molecule has 24 heavy (non-hydrogen) atoms. The molecule has 128 valence electrons. The van der Waals surface area contributed by atoms with Crippen molar-refractivity contribution in [1.29, 1.82) is 0 Å². The predicted molar refractivity (Wildman–Crippen MR) is 91.4 cm³/mol. The average Bonchev–Trinajstić information content (AvgIpc) is 3.03. The topological polar surface area (TPSA) is 81.9 Å². The number of hydrogen-bond acceptors (Lipinski definition) is 6. The first kappa shape index (κ1) is 16.6. The van der Waals surface area contributed by atoms with E-state index in [0.717, 1.165) is 48.4 Å². The summed E-state index contributed by atoms with van der Waals surface area (Å²) in [6.45, 7) is 8.30. The molecule has 0 aromatic carbocycles. The highest BCUT2D eigenvalue weighted by Crippen LogP contribution is 2.24. The normalized spacial score (nSPS) is 17.2. The van der Waals surface area contributed by atoms with Gasteiger partial charge >= 0.3 is 5.69 Å². The molecule has 7 nitrogen and oxygen atoms in total. The van der Waals surface area contributed by atoms with Crippen molar-refractivity contribution in [2.24, 2.45) is 0 Å². The van der Waals surface area contributed by atoms with Crippen molar-refractivity contribution >= 4 is 5.82 Å². The van der Waals surface area contributed by atoms with Crippen LogP contribution in [0.4, 0.5) is 5.82 Å². The third-order valence-electron chi connectivity index (χ3n) is 4.19. The van der Waals surface area contributed by atoms with Gasteiger partial charge in [-0.2, -0.15) is 4.98 Å². The van der Waals surface area contributed by atoms with Gasteiger partial charge in [0, 0.05) is 43.1 Å². The molecule has 3 rings (SSSR count). The first-order chi connectivity index (χ1) is 11.5. The van der Waals surface area contributed by atoms with Crippen LogP contribution in [0.15, 0.2) is 16.9 Å². The van der Waals surface area contributed by atoms with Crippen LogP contribution in [0.5, 0.6) is 0 Å². The molecule has 3 heterocycles. The van der Waals surface area contributed by atoms with E-state index in [-0.39, 0.29) is 5.69 Å². The SMILES string of the molecule is Cc1cc(C)n(CCNc2cc([C@H]3CCOC3)nc(C)n2)c(=O)n1. The highest BCUT2D eigenvalue weighted by atomic mass is 16.5. The van der Waals surface area contributed by atoms with E-state index in [1.807, 2.05) is 32.9 Å². The fourth-order valence-electron chi connectivity index (χ4n) is 3.00. The Hall–Kier alpha value is -2.28. The van der Waals surface area contributed by atoms with Crippen LogP contribution in [0.1, 0.15) is 35.2 Å². The van der Waals surface area contributed by atoms with Gasteiger partial charge in [0.1, 0.15) is 11.6 Å². The van der Waals surface area contributed by atoms with Gasteiger partial charge in [0.2, 0.25) is 0 Å². The van der Waals surface area contributed by atoms with Crippen LogP contribution in [-0.4, -0.2) is 39.3 Å². The second kappa shape index (κ2) is 7.09. The van der Waals surface area contributed by atoms with E-state index in [4.69, 9.17) is 4.74 Å². The maximum absolute atomic E-state index is 12.0. The fraction of sp³-hybridized carbons (Fsp3) is 0.529. The minimum Gasteiger partial charge on any atom is -0.381 e. The zero-order valence-corrected chi connectivity index (χ0v) is 14.4. The van der Waals surface area contributed by atoms with Crippen molar-refractivity contribution in [3.05, 3.63) is 45.5 Å². The van der Waals surface area contributed by atoms with Gasteiger partial charge in [-0.3, -0.25) is 4.57 Å². The summed E-state index contributed by atoms with van der Waals surface area (Å²) in [6, 6.07) is 3.89. The Morgan fingerprint density at radius 1 is 1.25 bits per heavy atom. The van der Waals surface area contributed by atoms with Crippen LogP contribution in [-0.2, 0) is 11.3 Å². The molecule has 1 atom stereocenters. The minimum absolute atomic E-state index is 0.211. The monoisotopic (exact) mass is 329 g/mol. The number of hydrogen-bond donors (Lipinski definition) is 1. The molecule has 0 bridgehead atoms. The predicted octanol–water partition coefficient (Wildman–Crippen LogP) is 1.57. The summed E-state index contributed by atoms with van der Waals surface area (Å²) in [5.74, 6) is 1.88. The molecule has 1 N–H and O–H groups in total. The molecule has 0 spiro atoms. The van der Waals surface area contributed by atoms with Gasteiger partial charge in [0.05, 0.1) is 12.3 Å². The molecule has 0 aliphatic carbocycles. The Bertz CT molecular complexity index is 781. The van der Waals surface area contributed by atoms with Crippen LogP contribution >= 0.6 is 0 Å². The second-order valence-electron chi connectivity index (χ2n) is 6.19. The maximum atomic E-state index is 12.0. The van der Waals surface area contributed by atoms with Crippen molar-refractivity contribution in [2.45, 2.75) is 39.7 Å². The maximum Gasteiger partial charge on any atom is 0.348 e. The number of nitrogens with one attached hydrogen (secondary N) is 1. The van der Waals surface area contributed by atoms with E-state index < -0.39 is 0 Å². The first-order valence-corrected chi connectivity index (χ1v) is 8.25. The summed E-state index contributed by atoms with van der Waals surface area (Å²) in [7, 11) is 0. The van der Waals surface area contributed by atoms with Gasteiger partial charge in [-0.1, -0.05) is 0 Å². The third-order valence-corrected chi connectivity index (χ3v) is 4.19. The van der Waals surface area contributed by atoms with Crippen LogP contribution in [0.3, 0.4) is 0 Å². The summed E-state index contributed by atoms with van der Waals surface area (Å²) >= 11 is 0. The zero-order chi connectivity index (χ0) is 17.1. The molecule has 1 fully saturated rings. The lowest BCUT2D eigenvalue weighted by atomic mass is 10.0. The Balaban J connectivity index is 1.68. The smallest absolute Gasteiger partial charge is 0.348 e. The summed E-state index contributed by atoms with van der Waals surface area (Å²) in [6.07, 6.45) is 1.000. The van der Waals surface area contributed by atoms with E-state index >= 15 is 0 Å². The highest BCUT2D eigenvalue weighted by Gasteiger charge is 2.20. The molecule has 2 aromatic heterocycles. The Labute approximate surface area is 141 Å². The fourth-order valence-corrected chi connectivity index (χ4v) is 3.00. The van der Waals surface area contributed by atoms with Crippen LogP contribution in [0.2, 0.25) is 0 Å². The van der Waals surface area contributed by atoms with E-state index in [9.17, 15) is 4.79 Å². The summed E-state index contributed by atoms with van der Waals surface area (Å²) < 4.78 is 7.11. The number of aryl methyl sites for hydroxylation is 3. The van der Waals surface area contributed by atoms with Crippen LogP contribution in [0, 0.1) is 20.8 Å². The summed E-state index contributed by atoms with van der Waals surface area (Å²) in [5, 5.41) is 3.29. The molecular formula is C17H23N5O2. The van der Waals surface area contributed by atoms with Gasteiger partial charge in [0.15, 0.2) is 0 Å². The van der Waals surface area contributed by atoms with Crippen molar-refractivity contribution in [1.82, 2.24) is 19.5 Å². The van der Waals surface area contributed by atoms with E-state index in [0.29, 0.717) is 19.0 Å². The molecule has 1 aliphatic heterocycles. The average molecular weight is 329 g/mol. The van der Waals surface area contributed by atoms with Crippen molar-refractivity contribution < 1.29 is 4.74 Å². The molecule has 0 radical (unpaired) electrons. The van der Waals surface area contributed by atoms with Gasteiger partial charge in [0.25, 0.3) is 0 Å². The standard InChI is InChI=1S/C17H23N5O2/c1-11-8-12(2)22(17(23)19-11)6-5-18-16-9-15(20-13(3)21-16)14-4-7-24-10-14/h8-9,14H,4-7,10H2,1-3H3,(H,18,20,21)/t14-/m0/s1. The zero-order valence-electron chi connectivity index (χ0n) is 14.4. The second-order valence-corrected chi connectivity index (χ2v) is 6.19. The molecule has 0 saturated carbocycles. The lowest BCUT2D eigenvalue weighted by Crippen LogP contribution is -2.28. The molecule has 1 saturated heterocycles. The number of aromatic nitrogens is 4. The molecule has 2 aromatic rings. The van der Waals surface area contributed by atoms with Gasteiger partial charge < -0.3 is 10.1 Å². The molecule has 7 heteroatoms. The quantitative estimate of drug-likeness (QED) is 0.897. The lowest BCUT2D eigenvalue weighted by Gasteiger charge is -2.13. The van der Waals surface area contributed by atoms with Crippen molar-refractivity contribution in [3.8, 4) is 0 Å². The van der Waals surface area contributed by atoms with Crippen molar-refractivity contribution in [2.75, 3.05) is 25.1 Å². The van der Waals surface area contributed by atoms with Gasteiger partial charge in [-0.25, -0.2) is 14.8 Å². The van der Waals surface area contributed by atoms with E-state index in [1.165, 1.54) is 0 Å². The van der Waals surface area contributed by atoms with Crippen LogP contribution < -0.4 is 11.0 Å². The van der Waals surface area contributed by atoms with Crippen molar-refractivity contribution in [3.63, 3.8) is 0 Å². The van der Waals surface area contributed by atoms with Crippen LogP contribution in [0.25, 0.3) is 0 Å². The van der Waals surface area contributed by atoms with Gasteiger partial charge in [-0.05, 0) is 33.3 Å². The minimum atomic E-state index is -0.211. The molecule has 1 aliphatic rings. The first-order valence-electron chi connectivity index (χ1n) is 8.25. The number of ether oxygens (including phenoxy) is 1. The summed E-state index contributed by atoms with van der Waals surface area (Å²) in [4.78, 5) is 24.9. The number of rotatable bonds is 5. The Morgan fingerprint density at radius 2 is 2.08 bits per heavy atom. The number of anilines is 1. The number of nitrogens with zero attached hydrogens (tertiary/aromatic N) is 4. The molecule has 0 unspecified atom stereocenters. The Morgan fingerprint density at radius 3 is 2.79 bits per heavy atom. The molecule has 0 amide bonds. The third kappa shape index (κ3) is 3.79. The van der Waals surface area contributed by atoms with E-state index in [1.54, 1.807) is 4.57 Å². The lowest BCUT2D eigenvalue weighted by molar-refractivity contribution is 0.193. The largest absolute Gasteiger partial charge is 0.381 e. The highest BCUT2D eigenvalue weighted by molar-refractivity contribution is 5.37.